The Morgan fingerprint density at radius 1 is 1.16 bits per heavy atom. The molecule has 0 amide bonds. The summed E-state index contributed by atoms with van der Waals surface area (Å²) >= 11 is 0. The van der Waals surface area contributed by atoms with Crippen molar-refractivity contribution in [1.82, 2.24) is 0 Å². The van der Waals surface area contributed by atoms with E-state index in [-0.39, 0.29) is 13.5 Å². The van der Waals surface area contributed by atoms with Gasteiger partial charge in [0.2, 0.25) is 0 Å². The minimum absolute atomic E-state index is 0. The fraction of sp³-hybridized carbons (Fsp3) is 0.556. The third-order valence-corrected chi connectivity index (χ3v) is 1.59. The molecule has 1 unspecified atom stereocenters. The van der Waals surface area contributed by atoms with E-state index in [2.05, 4.69) is 11.3 Å². The molecule has 10 heteroatoms. The first-order chi connectivity index (χ1) is 7.83. The Morgan fingerprint density at radius 3 is 1.89 bits per heavy atom. The van der Waals surface area contributed by atoms with Crippen LogP contribution in [-0.2, 0) is 9.53 Å². The Hall–Kier alpha value is -1.35. The highest BCUT2D eigenvalue weighted by atomic mass is 19.4. The van der Waals surface area contributed by atoms with Gasteiger partial charge in [-0.25, -0.2) is 9.18 Å². The van der Waals surface area contributed by atoms with Gasteiger partial charge in [-0.15, -0.1) is 0 Å². The normalized spacial score (nSPS) is 14.3. The van der Waals surface area contributed by atoms with Crippen LogP contribution in [0.3, 0.4) is 0 Å². The third kappa shape index (κ3) is 5.43. The molecule has 0 rings (SSSR count). The minimum atomic E-state index is -5.82. The van der Waals surface area contributed by atoms with Gasteiger partial charge in [-0.05, 0) is 0 Å². The minimum Gasteiger partial charge on any atom is -0.393 e. The number of hydrogen-bond acceptors (Lipinski definition) is 2. The van der Waals surface area contributed by atoms with Crippen LogP contribution >= 0.6 is 0 Å². The van der Waals surface area contributed by atoms with Gasteiger partial charge < -0.3 is 4.74 Å². The molecule has 19 heavy (non-hydrogen) atoms. The van der Waals surface area contributed by atoms with Crippen molar-refractivity contribution in [2.45, 2.75) is 30.8 Å². The molecule has 0 aliphatic heterocycles. The quantitative estimate of drug-likeness (QED) is 0.442. The summed E-state index contributed by atoms with van der Waals surface area (Å²) in [7, 11) is 0. The molecule has 0 aromatic rings. The molecule has 1 atom stereocenters. The molecule has 0 aliphatic carbocycles. The molecule has 0 spiro atoms. The van der Waals surface area contributed by atoms with Gasteiger partial charge in [0.25, 0.3) is 0 Å². The molecule has 0 fully saturated rings. The maximum atomic E-state index is 12.7. The van der Waals surface area contributed by atoms with Crippen LogP contribution in [0, 0.1) is 7.43 Å². The molecular formula is C9H6F8O2. The van der Waals surface area contributed by atoms with Crippen molar-refractivity contribution in [3.05, 3.63) is 20.1 Å². The van der Waals surface area contributed by atoms with Crippen molar-refractivity contribution in [1.29, 1.82) is 0 Å². The Balaban J connectivity index is 0. The van der Waals surface area contributed by atoms with Crippen LogP contribution < -0.4 is 0 Å². The monoisotopic (exact) mass is 298 g/mol. The van der Waals surface area contributed by atoms with Gasteiger partial charge in [0.05, 0.1) is 6.42 Å². The molecule has 0 saturated heterocycles. The van der Waals surface area contributed by atoms with E-state index in [9.17, 15) is 39.9 Å². The highest BCUT2D eigenvalue weighted by Gasteiger charge is 2.66. The summed E-state index contributed by atoms with van der Waals surface area (Å²) in [5, 5.41) is 0. The number of carbonyl (C=O) groups is 1. The van der Waals surface area contributed by atoms with Crippen molar-refractivity contribution in [2.75, 3.05) is 0 Å². The first kappa shape index (κ1) is 20.0. The molecule has 0 aromatic heterocycles. The number of esters is 1. The van der Waals surface area contributed by atoms with Gasteiger partial charge in [-0.1, -0.05) is 6.58 Å². The SMILES string of the molecule is C=CC(=O)OC(F)(F)C(F)(F)C(F)CC(F)(F)F.[C]. The van der Waals surface area contributed by atoms with Crippen LogP contribution in [0.15, 0.2) is 12.7 Å². The topological polar surface area (TPSA) is 26.3 Å². The highest BCUT2D eigenvalue weighted by molar-refractivity contribution is 5.81. The Morgan fingerprint density at radius 2 is 1.58 bits per heavy atom. The molecule has 0 saturated carbocycles. The highest BCUT2D eigenvalue weighted by Crippen LogP contribution is 2.42. The average molecular weight is 298 g/mol. The van der Waals surface area contributed by atoms with Gasteiger partial charge in [0.1, 0.15) is 0 Å². The summed E-state index contributed by atoms with van der Waals surface area (Å²) in [5.41, 5.74) is 0. The van der Waals surface area contributed by atoms with E-state index in [4.69, 9.17) is 0 Å². The van der Waals surface area contributed by atoms with Gasteiger partial charge in [0.15, 0.2) is 6.17 Å². The lowest BCUT2D eigenvalue weighted by atomic mass is 10.1. The lowest BCUT2D eigenvalue weighted by Gasteiger charge is -2.28. The summed E-state index contributed by atoms with van der Waals surface area (Å²) in [5.74, 6) is -7.85. The van der Waals surface area contributed by atoms with E-state index in [1.54, 1.807) is 0 Å². The molecule has 4 radical (unpaired) electrons. The zero-order valence-electron chi connectivity index (χ0n) is 8.91. The first-order valence-electron chi connectivity index (χ1n) is 4.15. The fourth-order valence-electron chi connectivity index (χ4n) is 0.750. The van der Waals surface area contributed by atoms with Crippen molar-refractivity contribution in [3.63, 3.8) is 0 Å². The molecular weight excluding hydrogens is 292 g/mol. The van der Waals surface area contributed by atoms with Crippen LogP contribution in [0.4, 0.5) is 35.1 Å². The summed E-state index contributed by atoms with van der Waals surface area (Å²) in [6, 6.07) is 0. The Kier molecular flexibility index (Phi) is 6.52. The van der Waals surface area contributed by atoms with Gasteiger partial charge >= 0.3 is 24.2 Å². The number of hydrogen-bond donors (Lipinski definition) is 0. The lowest BCUT2D eigenvalue weighted by molar-refractivity contribution is -0.349. The smallest absolute Gasteiger partial charge is 0.393 e. The van der Waals surface area contributed by atoms with Crippen molar-refractivity contribution >= 4 is 5.97 Å². The predicted molar refractivity (Wildman–Crippen MR) is 45.0 cm³/mol. The lowest BCUT2D eigenvalue weighted by Crippen LogP contribution is -2.51. The number of carbonyl (C=O) groups excluding carboxylic acids is 1. The molecule has 110 valence electrons. The number of ether oxygens (including phenoxy) is 1. The maximum Gasteiger partial charge on any atom is 0.469 e. The third-order valence-electron chi connectivity index (χ3n) is 1.59. The molecule has 0 heterocycles. The zero-order valence-corrected chi connectivity index (χ0v) is 8.91. The number of rotatable bonds is 5. The Bertz CT molecular complexity index is 323. The molecule has 2 nitrogen and oxygen atoms in total. The van der Waals surface area contributed by atoms with Crippen molar-refractivity contribution in [2.24, 2.45) is 0 Å². The van der Waals surface area contributed by atoms with Gasteiger partial charge in [-0.2, -0.15) is 30.7 Å². The zero-order chi connectivity index (χ0) is 14.8. The molecule has 0 aromatic carbocycles. The largest absolute Gasteiger partial charge is 0.469 e. The van der Waals surface area contributed by atoms with Crippen molar-refractivity contribution in [3.8, 4) is 0 Å². The van der Waals surface area contributed by atoms with Crippen LogP contribution in [0.25, 0.3) is 0 Å². The second-order valence-corrected chi connectivity index (χ2v) is 3.05. The van der Waals surface area contributed by atoms with E-state index < -0.39 is 36.8 Å². The van der Waals surface area contributed by atoms with Crippen molar-refractivity contribution < 1.29 is 44.7 Å². The standard InChI is InChI=1S/C8H6F8O2.C/c1-2-5(17)18-8(15,16)7(13,14)4(9)3-6(10,11)12;/h2,4H,1,3H2;. The molecule has 0 bridgehead atoms. The Labute approximate surface area is 103 Å². The number of halogens is 8. The summed E-state index contributed by atoms with van der Waals surface area (Å²) < 4.78 is 101. The summed E-state index contributed by atoms with van der Waals surface area (Å²) in [4.78, 5) is 10.3. The van der Waals surface area contributed by atoms with E-state index in [0.717, 1.165) is 0 Å². The van der Waals surface area contributed by atoms with Crippen LogP contribution in [0.5, 0.6) is 0 Å². The predicted octanol–water partition coefficient (Wildman–Crippen LogP) is 3.32. The second kappa shape index (κ2) is 6.20. The first-order valence-corrected chi connectivity index (χ1v) is 4.15. The maximum absolute atomic E-state index is 12.7. The fourth-order valence-corrected chi connectivity index (χ4v) is 0.750. The van der Waals surface area contributed by atoms with Crippen LogP contribution in [-0.4, -0.2) is 30.3 Å². The average Bonchev–Trinajstić information content (AvgIpc) is 2.13. The second-order valence-electron chi connectivity index (χ2n) is 3.05. The van der Waals surface area contributed by atoms with E-state index in [0.29, 0.717) is 0 Å². The van der Waals surface area contributed by atoms with Crippen LogP contribution in [0.1, 0.15) is 6.42 Å². The van der Waals surface area contributed by atoms with E-state index >= 15 is 0 Å². The van der Waals surface area contributed by atoms with E-state index in [1.807, 2.05) is 0 Å². The van der Waals surface area contributed by atoms with E-state index in [1.165, 1.54) is 0 Å². The van der Waals surface area contributed by atoms with Gasteiger partial charge in [0, 0.05) is 13.5 Å². The van der Waals surface area contributed by atoms with Crippen LogP contribution in [0.2, 0.25) is 0 Å². The summed E-state index contributed by atoms with van der Waals surface area (Å²) in [6.07, 6.45) is -18.1. The summed E-state index contributed by atoms with van der Waals surface area (Å²) in [6.45, 7) is 2.60. The molecule has 0 aliphatic rings. The number of alkyl halides is 8. The van der Waals surface area contributed by atoms with Gasteiger partial charge in [-0.3, -0.25) is 0 Å². The molecule has 0 N–H and O–H groups in total.